The summed E-state index contributed by atoms with van der Waals surface area (Å²) < 4.78 is 25.5. The number of hydrazine groups is 2. The van der Waals surface area contributed by atoms with Crippen LogP contribution in [0.2, 0.25) is 0 Å². The van der Waals surface area contributed by atoms with E-state index in [0.717, 1.165) is 29.4 Å². The van der Waals surface area contributed by atoms with Crippen molar-refractivity contribution in [3.05, 3.63) is 83.8 Å². The number of nitriles is 1. The molecule has 2 aromatic heterocycles. The fourth-order valence-corrected chi connectivity index (χ4v) is 4.84. The molecule has 0 radical (unpaired) electrons. The zero-order valence-corrected chi connectivity index (χ0v) is 23.6. The van der Waals surface area contributed by atoms with Crippen LogP contribution in [0.5, 0.6) is 0 Å². The summed E-state index contributed by atoms with van der Waals surface area (Å²) in [6.07, 6.45) is 9.32. The Hall–Kier alpha value is -4.62. The molecule has 10 heteroatoms. The molecule has 1 fully saturated rings. The second-order valence-corrected chi connectivity index (χ2v) is 11.8. The van der Waals surface area contributed by atoms with Crippen LogP contribution in [0.15, 0.2) is 66.9 Å². The van der Waals surface area contributed by atoms with Gasteiger partial charge in [-0.3, -0.25) is 14.7 Å². The second kappa shape index (κ2) is 10.4. The Morgan fingerprint density at radius 3 is 2.66 bits per heavy atom. The van der Waals surface area contributed by atoms with Gasteiger partial charge in [-0.2, -0.15) is 10.4 Å². The topological polar surface area (TPSA) is 106 Å². The van der Waals surface area contributed by atoms with E-state index in [-0.39, 0.29) is 11.2 Å². The summed E-state index contributed by atoms with van der Waals surface area (Å²) in [5.41, 5.74) is 11.5. The van der Waals surface area contributed by atoms with E-state index in [1.54, 1.807) is 29.2 Å². The fraction of sp³-hybridized carbons (Fsp3) is 0.323. The lowest BCUT2D eigenvalue weighted by Gasteiger charge is -2.24. The van der Waals surface area contributed by atoms with Crippen molar-refractivity contribution >= 4 is 22.3 Å². The molecule has 1 atom stereocenters. The normalized spacial score (nSPS) is 16.9. The maximum atomic E-state index is 14.0. The lowest BCUT2D eigenvalue weighted by Crippen LogP contribution is -2.38. The van der Waals surface area contributed by atoms with Crippen LogP contribution in [0.1, 0.15) is 52.1 Å². The van der Waals surface area contributed by atoms with Gasteiger partial charge >= 0.3 is 0 Å². The second-order valence-electron chi connectivity index (χ2n) is 11.8. The number of hydrogen-bond acceptors (Lipinski definition) is 8. The lowest BCUT2D eigenvalue weighted by atomic mass is 9.95. The molecule has 4 N–H and O–H groups in total. The van der Waals surface area contributed by atoms with Crippen LogP contribution in [0.25, 0.3) is 22.0 Å². The molecule has 1 aliphatic carbocycles. The fourth-order valence-electron chi connectivity index (χ4n) is 4.84. The molecule has 4 aromatic rings. The third kappa shape index (κ3) is 5.67. The van der Waals surface area contributed by atoms with E-state index in [9.17, 15) is 11.0 Å². The van der Waals surface area contributed by atoms with Crippen molar-refractivity contribution in [1.82, 2.24) is 30.7 Å². The molecule has 2 aromatic carbocycles. The average Bonchev–Trinajstić information content (AvgIpc) is 3.51. The summed E-state index contributed by atoms with van der Waals surface area (Å²) in [6, 6.07) is 11.0. The lowest BCUT2D eigenvalue weighted by molar-refractivity contribution is 0.260. The zero-order chi connectivity index (χ0) is 29.6. The van der Waals surface area contributed by atoms with E-state index in [4.69, 9.17) is 4.98 Å². The Morgan fingerprint density at radius 1 is 1.22 bits per heavy atom. The van der Waals surface area contributed by atoms with Crippen LogP contribution >= 0.6 is 0 Å². The molecule has 9 nitrogen and oxygen atoms in total. The van der Waals surface area contributed by atoms with Gasteiger partial charge in [0.25, 0.3) is 0 Å². The van der Waals surface area contributed by atoms with Gasteiger partial charge < -0.3 is 16.1 Å². The molecular formula is C31H34FN9. The summed E-state index contributed by atoms with van der Waals surface area (Å²) >= 11 is 0. The molecule has 0 spiro atoms. The number of aromatic nitrogens is 3. The van der Waals surface area contributed by atoms with E-state index in [0.29, 0.717) is 46.3 Å². The molecular weight excluding hydrogens is 517 g/mol. The van der Waals surface area contributed by atoms with E-state index >= 15 is 0 Å². The van der Waals surface area contributed by atoms with E-state index in [1.807, 2.05) is 36.6 Å². The predicted molar refractivity (Wildman–Crippen MR) is 159 cm³/mol. The highest BCUT2D eigenvalue weighted by Crippen LogP contribution is 2.38. The quantitative estimate of drug-likeness (QED) is 0.224. The predicted octanol–water partition coefficient (Wildman–Crippen LogP) is 5.59. The summed E-state index contributed by atoms with van der Waals surface area (Å²) in [5, 5.41) is 24.0. The van der Waals surface area contributed by atoms with E-state index < -0.39 is 6.02 Å². The summed E-state index contributed by atoms with van der Waals surface area (Å²) in [6.45, 7) is 7.02. The number of pyridine rings is 1. The van der Waals surface area contributed by atoms with Crippen molar-refractivity contribution in [2.45, 2.75) is 45.7 Å². The summed E-state index contributed by atoms with van der Waals surface area (Å²) in [4.78, 5) is 4.71. The molecule has 41 heavy (non-hydrogen) atoms. The van der Waals surface area contributed by atoms with Crippen molar-refractivity contribution in [2.24, 2.45) is 12.5 Å². The van der Waals surface area contributed by atoms with Gasteiger partial charge in [-0.15, -0.1) is 5.53 Å². The standard InChI is InChI=1S/C31H34FN9/c1-31(2,3)18-35-28-20(13-33)14-34-30-25(21-15-36-40(4)16-21)11-23(12-26(28)30)37-29(19-5-7-22(32)8-6-19)27-17-41(39-38-27)24-9-10-24/h5-8,11-12,14-17,24,29,37-39H,9-10,18H2,1-4H3,(H,34,35)/t29-/m0/s1/i29D. The van der Waals surface area contributed by atoms with Gasteiger partial charge in [-0.05, 0) is 48.1 Å². The number of benzene rings is 2. The first-order valence-electron chi connectivity index (χ1n) is 14.2. The molecule has 6 rings (SSSR count). The smallest absolute Gasteiger partial charge is 0.123 e. The number of nitrogens with zero attached hydrogens (tertiary/aromatic N) is 5. The van der Waals surface area contributed by atoms with E-state index in [2.05, 4.69) is 53.5 Å². The van der Waals surface area contributed by atoms with Crippen molar-refractivity contribution < 1.29 is 5.76 Å². The van der Waals surface area contributed by atoms with Gasteiger partial charge in [-0.1, -0.05) is 32.9 Å². The third-order valence-electron chi connectivity index (χ3n) is 7.10. The monoisotopic (exact) mass is 552 g/mol. The first-order valence-corrected chi connectivity index (χ1v) is 13.7. The molecule has 0 bridgehead atoms. The molecule has 0 amide bonds. The Balaban J connectivity index is 1.53. The molecule has 0 unspecified atom stereocenters. The highest BCUT2D eigenvalue weighted by Gasteiger charge is 2.32. The maximum absolute atomic E-state index is 14.0. The Bertz CT molecular complexity index is 1710. The Labute approximate surface area is 240 Å². The largest absolute Gasteiger partial charge is 0.383 e. The molecule has 1 aliphatic heterocycles. The Kier molecular flexibility index (Phi) is 6.44. The van der Waals surface area contributed by atoms with Gasteiger partial charge in [-0.25, -0.2) is 4.39 Å². The number of anilines is 2. The molecule has 2 aliphatic rings. The van der Waals surface area contributed by atoms with Crippen LogP contribution < -0.4 is 21.6 Å². The number of rotatable bonds is 8. The number of halogens is 1. The van der Waals surface area contributed by atoms with Gasteiger partial charge in [0.05, 0.1) is 36.1 Å². The van der Waals surface area contributed by atoms with Crippen molar-refractivity contribution in [3.8, 4) is 17.2 Å². The minimum atomic E-state index is -1.51. The Morgan fingerprint density at radius 2 is 2.00 bits per heavy atom. The van der Waals surface area contributed by atoms with Crippen LogP contribution in [0, 0.1) is 22.6 Å². The number of nitrogens with one attached hydrogen (secondary N) is 4. The van der Waals surface area contributed by atoms with Gasteiger partial charge in [0.1, 0.15) is 11.9 Å². The van der Waals surface area contributed by atoms with E-state index in [1.165, 1.54) is 12.1 Å². The maximum Gasteiger partial charge on any atom is 0.123 e. The zero-order valence-electron chi connectivity index (χ0n) is 24.6. The molecule has 1 saturated carbocycles. The summed E-state index contributed by atoms with van der Waals surface area (Å²) in [7, 11) is 1.85. The minimum absolute atomic E-state index is 0.0374. The summed E-state index contributed by atoms with van der Waals surface area (Å²) in [5.74, 6) is -0.374. The molecule has 3 heterocycles. The van der Waals surface area contributed by atoms with Gasteiger partial charge in [0.15, 0.2) is 0 Å². The van der Waals surface area contributed by atoms with Crippen molar-refractivity contribution in [2.75, 3.05) is 17.2 Å². The SMILES string of the molecule is [2H][C@@](Nc1cc(-c2cnn(C)c2)c2ncc(C#N)c(NCC(C)(C)C)c2c1)(C1=CN(C2CC2)NN1)c1ccc(F)cc1. The molecule has 210 valence electrons. The van der Waals surface area contributed by atoms with Crippen LogP contribution in [-0.2, 0) is 7.05 Å². The van der Waals surface area contributed by atoms with Gasteiger partial charge in [0.2, 0.25) is 0 Å². The van der Waals surface area contributed by atoms with Crippen LogP contribution in [0.4, 0.5) is 15.8 Å². The van der Waals surface area contributed by atoms with Gasteiger partial charge in [0, 0.05) is 60.4 Å². The van der Waals surface area contributed by atoms with Crippen molar-refractivity contribution in [3.63, 3.8) is 0 Å². The first kappa shape index (κ1) is 25.4. The third-order valence-corrected chi connectivity index (χ3v) is 7.10. The number of hydrogen-bond donors (Lipinski definition) is 4. The van der Waals surface area contributed by atoms with Crippen molar-refractivity contribution in [1.29, 1.82) is 5.26 Å². The van der Waals surface area contributed by atoms with Crippen LogP contribution in [-0.4, -0.2) is 32.4 Å². The molecule has 0 saturated heterocycles. The highest BCUT2D eigenvalue weighted by atomic mass is 19.1. The number of fused-ring (bicyclic) bond motifs is 1. The average molecular weight is 553 g/mol. The van der Waals surface area contributed by atoms with Crippen LogP contribution in [0.3, 0.4) is 0 Å². The number of aryl methyl sites for hydroxylation is 1. The first-order chi connectivity index (χ1) is 20.0. The highest BCUT2D eigenvalue weighted by molar-refractivity contribution is 6.04. The minimum Gasteiger partial charge on any atom is -0.383 e.